The van der Waals surface area contributed by atoms with Crippen molar-refractivity contribution in [2.75, 3.05) is 6.54 Å². The minimum atomic E-state index is -1.13. The number of rotatable bonds is 5. The molecule has 17 heavy (non-hydrogen) atoms. The lowest BCUT2D eigenvalue weighted by Crippen LogP contribution is -2.37. The van der Waals surface area contributed by atoms with Crippen LogP contribution in [0.4, 0.5) is 0 Å². The third-order valence-electron chi connectivity index (χ3n) is 2.88. The van der Waals surface area contributed by atoms with Gasteiger partial charge in [-0.2, -0.15) is 0 Å². The Kier molecular flexibility index (Phi) is 3.53. The van der Waals surface area contributed by atoms with Crippen molar-refractivity contribution in [3.05, 3.63) is 20.8 Å². The van der Waals surface area contributed by atoms with E-state index in [-0.39, 0.29) is 5.91 Å². The van der Waals surface area contributed by atoms with E-state index in [0.717, 1.165) is 15.1 Å². The van der Waals surface area contributed by atoms with E-state index >= 15 is 0 Å². The molecular formula is C11H12BrNO3S. The fourth-order valence-electron chi connectivity index (χ4n) is 1.62. The van der Waals surface area contributed by atoms with Crippen molar-refractivity contribution in [2.24, 2.45) is 5.41 Å². The third-order valence-corrected chi connectivity index (χ3v) is 4.56. The third kappa shape index (κ3) is 2.69. The van der Waals surface area contributed by atoms with Crippen LogP contribution < -0.4 is 5.32 Å². The van der Waals surface area contributed by atoms with E-state index in [1.54, 1.807) is 11.3 Å². The highest BCUT2D eigenvalue weighted by molar-refractivity contribution is 9.11. The summed E-state index contributed by atoms with van der Waals surface area (Å²) in [6.07, 6.45) is 1.65. The highest BCUT2D eigenvalue weighted by atomic mass is 79.9. The molecule has 1 aliphatic rings. The molecule has 92 valence electrons. The molecule has 1 fully saturated rings. The molecule has 0 atom stereocenters. The maximum absolute atomic E-state index is 11.7. The van der Waals surface area contributed by atoms with E-state index in [2.05, 4.69) is 21.2 Å². The van der Waals surface area contributed by atoms with Gasteiger partial charge in [-0.1, -0.05) is 0 Å². The lowest BCUT2D eigenvalue weighted by Gasteiger charge is -2.09. The number of aliphatic carboxylic acids is 1. The first-order valence-electron chi connectivity index (χ1n) is 5.30. The molecule has 1 saturated carbocycles. The minimum absolute atomic E-state index is 0.347. The number of carbonyl (C=O) groups excluding carboxylic acids is 1. The average Bonchev–Trinajstić information content (AvgIpc) is 2.99. The van der Waals surface area contributed by atoms with Crippen LogP contribution in [0.3, 0.4) is 0 Å². The lowest BCUT2D eigenvalue weighted by atomic mass is 10.1. The second kappa shape index (κ2) is 4.78. The Morgan fingerprint density at radius 1 is 1.47 bits per heavy atom. The standard InChI is InChI=1S/C11H12BrNO3S/c12-8-2-1-7(17-8)3-6-13-9(14)11(4-5-11)10(15)16/h1-2H,3-6H2,(H,13,14)(H,15,16). The molecule has 0 aromatic carbocycles. The number of hydrogen-bond acceptors (Lipinski definition) is 3. The highest BCUT2D eigenvalue weighted by Crippen LogP contribution is 2.46. The van der Waals surface area contributed by atoms with Crippen LogP contribution in [0.15, 0.2) is 15.9 Å². The van der Waals surface area contributed by atoms with E-state index in [4.69, 9.17) is 5.11 Å². The summed E-state index contributed by atoms with van der Waals surface area (Å²) in [5.41, 5.74) is -1.13. The molecule has 2 N–H and O–H groups in total. The van der Waals surface area contributed by atoms with Crippen LogP contribution in [0.25, 0.3) is 0 Å². The number of carbonyl (C=O) groups is 2. The van der Waals surface area contributed by atoms with Crippen LogP contribution >= 0.6 is 27.3 Å². The first kappa shape index (κ1) is 12.6. The first-order valence-corrected chi connectivity index (χ1v) is 6.91. The molecule has 1 heterocycles. The van der Waals surface area contributed by atoms with Gasteiger partial charge in [-0.25, -0.2) is 0 Å². The van der Waals surface area contributed by atoms with Crippen LogP contribution in [0.1, 0.15) is 17.7 Å². The van der Waals surface area contributed by atoms with Gasteiger partial charge in [0.05, 0.1) is 3.79 Å². The van der Waals surface area contributed by atoms with E-state index < -0.39 is 11.4 Å². The summed E-state index contributed by atoms with van der Waals surface area (Å²) in [4.78, 5) is 23.7. The van der Waals surface area contributed by atoms with Gasteiger partial charge >= 0.3 is 5.97 Å². The van der Waals surface area contributed by atoms with E-state index in [0.29, 0.717) is 19.4 Å². The fraction of sp³-hybridized carbons (Fsp3) is 0.455. The summed E-state index contributed by atoms with van der Waals surface area (Å²) in [5.74, 6) is -1.35. The normalized spacial score (nSPS) is 16.5. The topological polar surface area (TPSA) is 66.4 Å². The Morgan fingerprint density at radius 3 is 2.65 bits per heavy atom. The van der Waals surface area contributed by atoms with Crippen LogP contribution in [0, 0.1) is 5.41 Å². The monoisotopic (exact) mass is 317 g/mol. The molecule has 0 aliphatic heterocycles. The largest absolute Gasteiger partial charge is 0.480 e. The van der Waals surface area contributed by atoms with Gasteiger partial charge in [0, 0.05) is 11.4 Å². The van der Waals surface area contributed by atoms with Gasteiger partial charge in [0.15, 0.2) is 0 Å². The number of nitrogens with one attached hydrogen (secondary N) is 1. The number of carboxylic acids is 1. The van der Waals surface area contributed by atoms with Crippen molar-refractivity contribution in [2.45, 2.75) is 19.3 Å². The molecule has 0 unspecified atom stereocenters. The maximum Gasteiger partial charge on any atom is 0.319 e. The zero-order chi connectivity index (χ0) is 12.5. The molecule has 0 radical (unpaired) electrons. The molecule has 1 aromatic heterocycles. The summed E-state index contributed by atoms with van der Waals surface area (Å²) in [5, 5.41) is 11.6. The van der Waals surface area contributed by atoms with E-state index in [9.17, 15) is 9.59 Å². The van der Waals surface area contributed by atoms with E-state index in [1.165, 1.54) is 0 Å². The number of amides is 1. The number of thiophene rings is 1. The summed E-state index contributed by atoms with van der Waals surface area (Å²) in [7, 11) is 0. The van der Waals surface area contributed by atoms with Crippen LogP contribution in [0.5, 0.6) is 0 Å². The number of halogens is 1. The minimum Gasteiger partial charge on any atom is -0.480 e. The number of hydrogen-bond donors (Lipinski definition) is 2. The zero-order valence-electron chi connectivity index (χ0n) is 9.03. The van der Waals surface area contributed by atoms with Crippen LogP contribution in [-0.4, -0.2) is 23.5 Å². The van der Waals surface area contributed by atoms with Gasteiger partial charge in [0.2, 0.25) is 5.91 Å². The van der Waals surface area contributed by atoms with Gasteiger partial charge in [-0.05, 0) is 47.3 Å². The highest BCUT2D eigenvalue weighted by Gasteiger charge is 2.56. The molecule has 0 bridgehead atoms. The predicted octanol–water partition coefficient (Wildman–Crippen LogP) is 2.03. The fourth-order valence-corrected chi connectivity index (χ4v) is 3.10. The Balaban J connectivity index is 1.79. The second-order valence-electron chi connectivity index (χ2n) is 4.10. The second-order valence-corrected chi connectivity index (χ2v) is 6.65. The van der Waals surface area contributed by atoms with Gasteiger partial charge in [0.1, 0.15) is 5.41 Å². The molecule has 1 amide bonds. The summed E-state index contributed by atoms with van der Waals surface area (Å²) >= 11 is 4.99. The molecule has 0 spiro atoms. The predicted molar refractivity (Wildman–Crippen MR) is 68.0 cm³/mol. The summed E-state index contributed by atoms with van der Waals surface area (Å²) in [6.45, 7) is 0.487. The molecular weight excluding hydrogens is 306 g/mol. The van der Waals surface area contributed by atoms with Crippen molar-refractivity contribution in [1.82, 2.24) is 5.32 Å². The molecule has 0 saturated heterocycles. The number of carboxylic acid groups (broad SMARTS) is 1. The zero-order valence-corrected chi connectivity index (χ0v) is 11.4. The Morgan fingerprint density at radius 2 is 2.18 bits per heavy atom. The summed E-state index contributed by atoms with van der Waals surface area (Å²) < 4.78 is 1.06. The van der Waals surface area contributed by atoms with Gasteiger partial charge in [-0.3, -0.25) is 9.59 Å². The molecule has 1 aromatic rings. The SMILES string of the molecule is O=C(O)C1(C(=O)NCCc2ccc(Br)s2)CC1. The Bertz CT molecular complexity index is 453. The maximum atomic E-state index is 11.7. The van der Waals surface area contributed by atoms with Gasteiger partial charge in [-0.15, -0.1) is 11.3 Å². The average molecular weight is 318 g/mol. The van der Waals surface area contributed by atoms with Crippen molar-refractivity contribution in [3.8, 4) is 0 Å². The van der Waals surface area contributed by atoms with Crippen molar-refractivity contribution in [3.63, 3.8) is 0 Å². The first-order chi connectivity index (χ1) is 8.04. The van der Waals surface area contributed by atoms with Crippen molar-refractivity contribution in [1.29, 1.82) is 0 Å². The molecule has 2 rings (SSSR count). The molecule has 6 heteroatoms. The molecule has 1 aliphatic carbocycles. The van der Waals surface area contributed by atoms with E-state index in [1.807, 2.05) is 12.1 Å². The summed E-state index contributed by atoms with van der Waals surface area (Å²) in [6, 6.07) is 3.95. The lowest BCUT2D eigenvalue weighted by molar-refractivity contribution is -0.149. The van der Waals surface area contributed by atoms with Crippen molar-refractivity contribution < 1.29 is 14.7 Å². The smallest absolute Gasteiger partial charge is 0.319 e. The Labute approximate surface area is 111 Å². The van der Waals surface area contributed by atoms with Crippen molar-refractivity contribution >= 4 is 39.1 Å². The van der Waals surface area contributed by atoms with Crippen LogP contribution in [-0.2, 0) is 16.0 Å². The van der Waals surface area contributed by atoms with Gasteiger partial charge < -0.3 is 10.4 Å². The quantitative estimate of drug-likeness (QED) is 0.817. The van der Waals surface area contributed by atoms with Crippen LogP contribution in [0.2, 0.25) is 0 Å². The Hall–Kier alpha value is -0.880. The molecule has 4 nitrogen and oxygen atoms in total. The van der Waals surface area contributed by atoms with Gasteiger partial charge in [0.25, 0.3) is 0 Å².